The van der Waals surface area contributed by atoms with E-state index in [1.807, 2.05) is 11.8 Å². The van der Waals surface area contributed by atoms with Gasteiger partial charge in [0.15, 0.2) is 0 Å². The van der Waals surface area contributed by atoms with Gasteiger partial charge in [0.2, 0.25) is 0 Å². The number of benzene rings is 7. The maximum Gasteiger partial charge on any atom is 0.0465 e. The van der Waals surface area contributed by atoms with Crippen molar-refractivity contribution in [3.05, 3.63) is 174 Å². The minimum absolute atomic E-state index is 0.117. The van der Waals surface area contributed by atoms with Gasteiger partial charge in [-0.2, -0.15) is 0 Å². The number of rotatable bonds is 5. The maximum atomic E-state index is 2.67. The summed E-state index contributed by atoms with van der Waals surface area (Å²) in [5.74, 6) is 3.44. The number of anilines is 3. The highest BCUT2D eigenvalue weighted by Crippen LogP contribution is 2.89. The fraction of sp³-hybridized carbons (Fsp3) is 0.310. The van der Waals surface area contributed by atoms with Gasteiger partial charge in [0.1, 0.15) is 0 Å². The molecule has 4 fully saturated rings. The summed E-state index contributed by atoms with van der Waals surface area (Å²) in [6.07, 6.45) is 8.23. The molecule has 13 rings (SSSR count). The van der Waals surface area contributed by atoms with Crippen molar-refractivity contribution in [2.45, 2.75) is 92.3 Å². The van der Waals surface area contributed by atoms with E-state index >= 15 is 0 Å². The smallest absolute Gasteiger partial charge is 0.0465 e. The number of hydrogen-bond acceptors (Lipinski definition) is 2. The van der Waals surface area contributed by atoms with Gasteiger partial charge in [0.25, 0.3) is 0 Å². The molecular weight excluding hydrogens is 743 g/mol. The predicted octanol–water partition coefficient (Wildman–Crippen LogP) is 15.8. The predicted molar refractivity (Wildman–Crippen MR) is 251 cm³/mol. The van der Waals surface area contributed by atoms with E-state index in [1.54, 1.807) is 11.1 Å². The van der Waals surface area contributed by atoms with Crippen LogP contribution in [0.15, 0.2) is 161 Å². The first-order valence-electron chi connectivity index (χ1n) is 22.7. The van der Waals surface area contributed by atoms with Crippen molar-refractivity contribution < 1.29 is 0 Å². The van der Waals surface area contributed by atoms with E-state index in [1.165, 1.54) is 110 Å². The van der Waals surface area contributed by atoms with Crippen molar-refractivity contribution >= 4 is 39.6 Å². The van der Waals surface area contributed by atoms with E-state index in [-0.39, 0.29) is 16.2 Å². The van der Waals surface area contributed by atoms with E-state index in [4.69, 9.17) is 0 Å². The fourth-order valence-corrected chi connectivity index (χ4v) is 15.8. The van der Waals surface area contributed by atoms with Gasteiger partial charge in [-0.05, 0) is 182 Å². The molecule has 5 aliphatic carbocycles. The lowest BCUT2D eigenvalue weighted by molar-refractivity contribution is -0.235. The summed E-state index contributed by atoms with van der Waals surface area (Å²) in [5.41, 5.74) is 16.1. The zero-order valence-electron chi connectivity index (χ0n) is 35.3. The first kappa shape index (κ1) is 35.7. The standard InChI is InChI=1S/C58H53NS/c1-55(2)28-29-56(3,4)49-33-41(22-26-47(49)55)59(40-20-18-38(19-21-40)44-25-24-43(37-12-6-5-7-13-37)45-14-8-9-15-46(44)45)42-23-27-52-50(34-42)58(48-16-10-11-17-51(48)60-52)53-31-36-30-39-32-54(58)57(39,53)35-36/h5-27,33-34,36,39,53-54H,28-32,35H2,1-4H3. The van der Waals surface area contributed by atoms with Crippen molar-refractivity contribution in [1.82, 2.24) is 0 Å². The van der Waals surface area contributed by atoms with Gasteiger partial charge in [0, 0.05) is 32.3 Å². The third-order valence-corrected chi connectivity index (χ3v) is 18.4. The minimum Gasteiger partial charge on any atom is -0.310 e. The highest BCUT2D eigenvalue weighted by atomic mass is 32.2. The Bertz CT molecular complexity index is 2900. The summed E-state index contributed by atoms with van der Waals surface area (Å²) in [6.45, 7) is 9.81. The molecule has 0 N–H and O–H groups in total. The topological polar surface area (TPSA) is 3.24 Å². The van der Waals surface area contributed by atoms with Crippen LogP contribution < -0.4 is 4.90 Å². The van der Waals surface area contributed by atoms with E-state index < -0.39 is 0 Å². The zero-order valence-corrected chi connectivity index (χ0v) is 36.2. The lowest BCUT2D eigenvalue weighted by Gasteiger charge is -2.78. The fourth-order valence-electron chi connectivity index (χ4n) is 14.6. The SMILES string of the molecule is CC1(C)CCC(C)(C)c2cc(N(c3ccc(-c4ccc(-c5ccccc5)c5ccccc45)cc3)c3ccc4c(c3)C3(c5ccccc5S4)C4CC5CC6CC3C64C5)ccc21. The minimum atomic E-state index is 0.117. The summed E-state index contributed by atoms with van der Waals surface area (Å²) in [6, 6.07) is 58.4. The molecule has 0 amide bonds. The van der Waals surface area contributed by atoms with Crippen LogP contribution >= 0.6 is 11.8 Å². The largest absolute Gasteiger partial charge is 0.310 e. The second-order valence-electron chi connectivity index (χ2n) is 20.8. The van der Waals surface area contributed by atoms with Crippen LogP contribution in [-0.2, 0) is 16.2 Å². The number of fused-ring (bicyclic) bond motifs is 9. The van der Waals surface area contributed by atoms with Gasteiger partial charge in [-0.1, -0.05) is 143 Å². The highest BCUT2D eigenvalue weighted by molar-refractivity contribution is 7.99. The summed E-state index contributed by atoms with van der Waals surface area (Å²) in [5, 5.41) is 2.58. The third-order valence-electron chi connectivity index (χ3n) is 17.3. The molecule has 296 valence electrons. The van der Waals surface area contributed by atoms with Crippen molar-refractivity contribution in [3.63, 3.8) is 0 Å². The molecule has 6 atom stereocenters. The second kappa shape index (κ2) is 12.3. The van der Waals surface area contributed by atoms with Crippen LogP contribution in [0.2, 0.25) is 0 Å². The first-order valence-corrected chi connectivity index (χ1v) is 23.5. The van der Waals surface area contributed by atoms with E-state index in [9.17, 15) is 0 Å². The average Bonchev–Trinajstić information content (AvgIpc) is 3.81. The van der Waals surface area contributed by atoms with Crippen LogP contribution in [0.1, 0.15) is 88.5 Å². The average molecular weight is 796 g/mol. The summed E-state index contributed by atoms with van der Waals surface area (Å²) < 4.78 is 0. The lowest BCUT2D eigenvalue weighted by atomic mass is 9.26. The zero-order chi connectivity index (χ0) is 40.2. The van der Waals surface area contributed by atoms with Gasteiger partial charge in [0.05, 0.1) is 0 Å². The van der Waals surface area contributed by atoms with E-state index in [0.717, 1.165) is 23.7 Å². The van der Waals surface area contributed by atoms with Crippen LogP contribution in [-0.4, -0.2) is 0 Å². The maximum absolute atomic E-state index is 2.67. The molecule has 2 bridgehead atoms. The van der Waals surface area contributed by atoms with Crippen LogP contribution in [0.4, 0.5) is 17.1 Å². The molecular formula is C58H53NS. The van der Waals surface area contributed by atoms with E-state index in [0.29, 0.717) is 5.41 Å². The molecule has 2 heteroatoms. The second-order valence-corrected chi connectivity index (χ2v) is 21.9. The monoisotopic (exact) mass is 795 g/mol. The molecule has 6 aliphatic rings. The molecule has 1 heterocycles. The van der Waals surface area contributed by atoms with Crippen LogP contribution in [0.5, 0.6) is 0 Å². The van der Waals surface area contributed by atoms with Crippen molar-refractivity contribution in [3.8, 4) is 22.3 Å². The number of nitrogens with zero attached hydrogens (tertiary/aromatic N) is 1. The Kier molecular flexibility index (Phi) is 7.31. The van der Waals surface area contributed by atoms with Crippen LogP contribution in [0.3, 0.4) is 0 Å². The Balaban J connectivity index is 0.972. The van der Waals surface area contributed by atoms with Crippen molar-refractivity contribution in [2.75, 3.05) is 4.90 Å². The molecule has 7 aromatic carbocycles. The quantitative estimate of drug-likeness (QED) is 0.171. The molecule has 0 aromatic heterocycles. The highest BCUT2D eigenvalue weighted by Gasteiger charge is 2.84. The van der Waals surface area contributed by atoms with Gasteiger partial charge in [-0.3, -0.25) is 0 Å². The van der Waals surface area contributed by atoms with Gasteiger partial charge < -0.3 is 4.90 Å². The first-order chi connectivity index (χ1) is 29.2. The molecule has 4 saturated carbocycles. The van der Waals surface area contributed by atoms with Crippen molar-refractivity contribution in [2.24, 2.45) is 29.1 Å². The normalized spacial score (nSPS) is 27.9. The summed E-state index contributed by atoms with van der Waals surface area (Å²) >= 11 is 2.02. The van der Waals surface area contributed by atoms with Gasteiger partial charge in [-0.25, -0.2) is 0 Å². The lowest BCUT2D eigenvalue weighted by Crippen LogP contribution is -2.74. The Morgan fingerprint density at radius 2 is 1.07 bits per heavy atom. The van der Waals surface area contributed by atoms with Gasteiger partial charge >= 0.3 is 0 Å². The summed E-state index contributed by atoms with van der Waals surface area (Å²) in [7, 11) is 0. The third kappa shape index (κ3) is 4.62. The molecule has 1 nitrogen and oxygen atoms in total. The number of hydrogen-bond donors (Lipinski definition) is 0. The summed E-state index contributed by atoms with van der Waals surface area (Å²) in [4.78, 5) is 5.57. The van der Waals surface area contributed by atoms with Crippen LogP contribution in [0.25, 0.3) is 33.0 Å². The Morgan fingerprint density at radius 1 is 0.483 bits per heavy atom. The molecule has 1 aliphatic heterocycles. The van der Waals surface area contributed by atoms with E-state index in [2.05, 4.69) is 184 Å². The Hall–Kier alpha value is -5.05. The van der Waals surface area contributed by atoms with Crippen molar-refractivity contribution in [1.29, 1.82) is 0 Å². The Labute approximate surface area is 360 Å². The van der Waals surface area contributed by atoms with Gasteiger partial charge in [-0.15, -0.1) is 0 Å². The molecule has 6 unspecified atom stereocenters. The van der Waals surface area contributed by atoms with Crippen LogP contribution in [0, 0.1) is 29.1 Å². The Morgan fingerprint density at radius 3 is 1.80 bits per heavy atom. The molecule has 0 saturated heterocycles. The molecule has 60 heavy (non-hydrogen) atoms. The molecule has 0 radical (unpaired) electrons. The molecule has 7 aromatic rings. The molecule has 2 spiro atoms.